The maximum Gasteiger partial charge on any atom is 0.215 e. The van der Waals surface area contributed by atoms with Crippen LogP contribution in [0.5, 0.6) is 0 Å². The molecule has 5 rings (SSSR count). The Balaban J connectivity index is 1.23. The fourth-order valence-electron chi connectivity index (χ4n) is 4.96. The summed E-state index contributed by atoms with van der Waals surface area (Å²) in [5.41, 5.74) is 19.6. The van der Waals surface area contributed by atoms with Crippen molar-refractivity contribution in [2.75, 3.05) is 37.7 Å². The lowest BCUT2D eigenvalue weighted by Crippen LogP contribution is -2.53. The van der Waals surface area contributed by atoms with Crippen molar-refractivity contribution in [1.29, 1.82) is 0 Å². The molecule has 1 saturated heterocycles. The predicted octanol–water partition coefficient (Wildman–Crippen LogP) is 2.23. The van der Waals surface area contributed by atoms with Crippen LogP contribution >= 0.6 is 11.3 Å². The minimum atomic E-state index is -1.24. The second-order valence-electron chi connectivity index (χ2n) is 9.27. The van der Waals surface area contributed by atoms with Gasteiger partial charge in [0.15, 0.2) is 5.82 Å². The number of nitrogens with zero attached hydrogens (tertiary/aromatic N) is 7. The van der Waals surface area contributed by atoms with Gasteiger partial charge in [0.1, 0.15) is 6.33 Å². The van der Waals surface area contributed by atoms with Crippen molar-refractivity contribution in [1.82, 2.24) is 30.2 Å². The molecule has 5 N–H and O–H groups in total. The zero-order chi connectivity index (χ0) is 25.3. The highest BCUT2D eigenvalue weighted by molar-refractivity contribution is 7.18. The number of hydrogen-bond acceptors (Lipinski definition) is 11. The number of nitrogens with one attached hydrogen (secondary N) is 1. The van der Waals surface area contributed by atoms with E-state index < -0.39 is 5.79 Å². The summed E-state index contributed by atoms with van der Waals surface area (Å²) < 4.78 is 0.921. The van der Waals surface area contributed by atoms with Crippen LogP contribution in [0.2, 0.25) is 0 Å². The minimum Gasteiger partial charge on any atom is -0.368 e. The lowest BCUT2D eigenvalue weighted by atomic mass is 10.1. The fourth-order valence-corrected chi connectivity index (χ4v) is 5.94. The zero-order valence-corrected chi connectivity index (χ0v) is 21.9. The molecule has 2 atom stereocenters. The van der Waals surface area contributed by atoms with Gasteiger partial charge in [-0.05, 0) is 49.5 Å². The number of aromatic nitrogens is 3. The molecule has 0 saturated carbocycles. The van der Waals surface area contributed by atoms with Gasteiger partial charge in [0.2, 0.25) is 11.7 Å². The second kappa shape index (κ2) is 10.2. The van der Waals surface area contributed by atoms with E-state index in [0.29, 0.717) is 17.4 Å². The van der Waals surface area contributed by atoms with Gasteiger partial charge in [-0.2, -0.15) is 5.43 Å². The van der Waals surface area contributed by atoms with Crippen LogP contribution in [0.15, 0.2) is 41.1 Å². The largest absolute Gasteiger partial charge is 0.368 e. The zero-order valence-electron chi connectivity index (χ0n) is 21.1. The molecule has 2 aliphatic heterocycles. The van der Waals surface area contributed by atoms with Gasteiger partial charge in [0.05, 0.1) is 15.9 Å². The van der Waals surface area contributed by atoms with E-state index >= 15 is 0 Å². The summed E-state index contributed by atoms with van der Waals surface area (Å²) in [7, 11) is 0. The molecular weight excluding hydrogens is 472 g/mol. The molecule has 0 aromatic carbocycles. The number of nitrogens with two attached hydrogens (primary N) is 2. The monoisotopic (exact) mass is 506 g/mol. The Hall–Kier alpha value is -2.96. The summed E-state index contributed by atoms with van der Waals surface area (Å²) in [6.45, 7) is 11.9. The lowest BCUT2D eigenvalue weighted by molar-refractivity contribution is 0.215. The third-order valence-electron chi connectivity index (χ3n) is 6.98. The fraction of sp³-hybridized carbons (Fsp3) is 0.440. The summed E-state index contributed by atoms with van der Waals surface area (Å²) in [4.78, 5) is 23.0. The van der Waals surface area contributed by atoms with E-state index in [1.54, 1.807) is 22.5 Å². The number of fused-ring (bicyclic) bond motifs is 1. The standard InChI is InChI=1S/C25H34N10S/c1-4-34(5-2)20-10-12-33(14-20)11-6-7-19-9-8-18(13-28-19)25(27)31-24(26)35(32-25)23-22-21(29-16-30-23)17(3)15-36-22/h6-9,13,15-16,20,32H,4-5,10-12,14,27H2,1-3H3,(H2,26,31). The number of hydrazine groups is 1. The average molecular weight is 507 g/mol. The van der Waals surface area contributed by atoms with Crippen molar-refractivity contribution in [3.8, 4) is 0 Å². The number of likely N-dealkylation sites (tertiary alicyclic amines) is 1. The molecule has 0 aliphatic carbocycles. The number of anilines is 1. The summed E-state index contributed by atoms with van der Waals surface area (Å²) in [6.07, 6.45) is 8.74. The smallest absolute Gasteiger partial charge is 0.215 e. The van der Waals surface area contributed by atoms with Crippen LogP contribution in [-0.2, 0) is 5.79 Å². The van der Waals surface area contributed by atoms with Crippen molar-refractivity contribution >= 4 is 39.4 Å². The van der Waals surface area contributed by atoms with Crippen LogP contribution < -0.4 is 21.9 Å². The van der Waals surface area contributed by atoms with Gasteiger partial charge >= 0.3 is 0 Å². The highest BCUT2D eigenvalue weighted by Gasteiger charge is 2.38. The molecule has 1 fully saturated rings. The Morgan fingerprint density at radius 2 is 2.08 bits per heavy atom. The summed E-state index contributed by atoms with van der Waals surface area (Å²) in [5, 5.41) is 3.67. The quantitative estimate of drug-likeness (QED) is 0.422. The summed E-state index contributed by atoms with van der Waals surface area (Å²) in [6, 6.07) is 4.54. The third kappa shape index (κ3) is 4.72. The van der Waals surface area contributed by atoms with Gasteiger partial charge in [-0.25, -0.2) is 20.0 Å². The van der Waals surface area contributed by atoms with Gasteiger partial charge in [-0.1, -0.05) is 26.0 Å². The van der Waals surface area contributed by atoms with Crippen molar-refractivity contribution in [3.63, 3.8) is 0 Å². The first-order chi connectivity index (χ1) is 17.4. The van der Waals surface area contributed by atoms with Gasteiger partial charge < -0.3 is 5.73 Å². The highest BCUT2D eigenvalue weighted by Crippen LogP contribution is 2.33. The summed E-state index contributed by atoms with van der Waals surface area (Å²) >= 11 is 1.56. The number of guanidine groups is 1. The molecular formula is C25H34N10S. The van der Waals surface area contributed by atoms with E-state index in [9.17, 15) is 0 Å². The van der Waals surface area contributed by atoms with Crippen molar-refractivity contribution in [3.05, 3.63) is 52.9 Å². The van der Waals surface area contributed by atoms with E-state index in [-0.39, 0.29) is 5.96 Å². The third-order valence-corrected chi connectivity index (χ3v) is 8.06. The molecule has 5 heterocycles. The first-order valence-electron chi connectivity index (χ1n) is 12.4. The van der Waals surface area contributed by atoms with E-state index in [4.69, 9.17) is 11.5 Å². The molecule has 2 aliphatic rings. The lowest BCUT2D eigenvalue weighted by Gasteiger charge is -2.26. The van der Waals surface area contributed by atoms with Crippen molar-refractivity contribution in [2.45, 2.75) is 39.0 Å². The molecule has 11 heteroatoms. The van der Waals surface area contributed by atoms with Crippen LogP contribution in [0.1, 0.15) is 37.1 Å². The molecule has 3 aromatic heterocycles. The Labute approximate surface area is 215 Å². The number of rotatable bonds is 8. The van der Waals surface area contributed by atoms with Gasteiger partial charge in [-0.3, -0.25) is 20.5 Å². The van der Waals surface area contributed by atoms with Gasteiger partial charge in [-0.15, -0.1) is 11.3 Å². The summed E-state index contributed by atoms with van der Waals surface area (Å²) in [5.74, 6) is -0.372. The number of likely N-dealkylation sites (N-methyl/N-ethyl adjacent to an activating group) is 1. The average Bonchev–Trinajstić information content (AvgIpc) is 3.58. The Morgan fingerprint density at radius 3 is 2.83 bits per heavy atom. The normalized spacial score (nSPS) is 23.0. The van der Waals surface area contributed by atoms with Crippen LogP contribution in [0.25, 0.3) is 16.3 Å². The van der Waals surface area contributed by atoms with Gasteiger partial charge in [0, 0.05) is 37.4 Å². The van der Waals surface area contributed by atoms with Crippen LogP contribution in [0, 0.1) is 6.92 Å². The minimum absolute atomic E-state index is 0.237. The van der Waals surface area contributed by atoms with Crippen molar-refractivity contribution < 1.29 is 0 Å². The molecule has 2 unspecified atom stereocenters. The van der Waals surface area contributed by atoms with Crippen LogP contribution in [0.3, 0.4) is 0 Å². The number of thiophene rings is 1. The number of aliphatic imine (C=N–C) groups is 1. The Bertz CT molecular complexity index is 1270. The second-order valence-corrected chi connectivity index (χ2v) is 10.2. The molecule has 0 bridgehead atoms. The van der Waals surface area contributed by atoms with E-state index in [1.807, 2.05) is 24.4 Å². The molecule has 190 valence electrons. The topological polar surface area (TPSA) is 125 Å². The Kier molecular flexibility index (Phi) is 7.00. The highest BCUT2D eigenvalue weighted by atomic mass is 32.1. The number of pyridine rings is 1. The predicted molar refractivity (Wildman–Crippen MR) is 146 cm³/mol. The van der Waals surface area contributed by atoms with Crippen LogP contribution in [0.4, 0.5) is 5.82 Å². The first kappa shape index (κ1) is 24.7. The molecule has 36 heavy (non-hydrogen) atoms. The van der Waals surface area contributed by atoms with Crippen molar-refractivity contribution in [2.24, 2.45) is 16.5 Å². The maximum atomic E-state index is 6.61. The first-order valence-corrected chi connectivity index (χ1v) is 13.3. The van der Waals surface area contributed by atoms with E-state index in [1.165, 1.54) is 12.7 Å². The Morgan fingerprint density at radius 1 is 1.25 bits per heavy atom. The van der Waals surface area contributed by atoms with Gasteiger partial charge in [0.25, 0.3) is 0 Å². The molecule has 0 radical (unpaired) electrons. The SMILES string of the molecule is CCN(CC)C1CCN(CC=Cc2ccc(C3(N)N=C(N)N(c4ncnc5c(C)csc45)N3)cn2)C1. The molecule has 0 spiro atoms. The van der Waals surface area contributed by atoms with E-state index in [2.05, 4.69) is 61.2 Å². The van der Waals surface area contributed by atoms with E-state index in [0.717, 1.165) is 54.2 Å². The number of aryl methyl sites for hydroxylation is 1. The molecule has 3 aromatic rings. The number of hydrogen-bond donors (Lipinski definition) is 3. The molecule has 10 nitrogen and oxygen atoms in total. The van der Waals surface area contributed by atoms with Crippen LogP contribution in [-0.4, -0.2) is 69.5 Å². The molecule has 0 amide bonds. The maximum absolute atomic E-state index is 6.61.